The lowest BCUT2D eigenvalue weighted by Gasteiger charge is -2.13. The molecule has 0 radical (unpaired) electrons. The largest absolute Gasteiger partial charge is 0.319 e. The van der Waals surface area contributed by atoms with Crippen LogP contribution < -0.4 is 0 Å². The number of rotatable bonds is 5. The summed E-state index contributed by atoms with van der Waals surface area (Å²) in [5, 5.41) is 4.68. The van der Waals surface area contributed by atoms with Gasteiger partial charge in [-0.05, 0) is 59.7 Å². The molecular formula is C48H30N4. The molecule has 0 spiro atoms. The first-order valence-corrected chi connectivity index (χ1v) is 17.4. The van der Waals surface area contributed by atoms with Crippen LogP contribution in [0.3, 0.4) is 0 Å². The van der Waals surface area contributed by atoms with E-state index in [-0.39, 0.29) is 0 Å². The summed E-state index contributed by atoms with van der Waals surface area (Å²) in [5.74, 6) is 0. The Morgan fingerprint density at radius 2 is 1.04 bits per heavy atom. The molecule has 3 aromatic heterocycles. The molecule has 7 aromatic carbocycles. The third kappa shape index (κ3) is 4.65. The normalized spacial score (nSPS) is 11.4. The topological polar surface area (TPSA) is 27.1 Å². The Bertz CT molecular complexity index is 2960. The summed E-state index contributed by atoms with van der Waals surface area (Å²) in [6.45, 7) is 7.97. The summed E-state index contributed by atoms with van der Waals surface area (Å²) in [6.07, 6.45) is 0. The van der Waals surface area contributed by atoms with Gasteiger partial charge in [-0.25, -0.2) is 9.83 Å². The Kier molecular flexibility index (Phi) is 6.84. The van der Waals surface area contributed by atoms with Crippen molar-refractivity contribution in [1.29, 1.82) is 0 Å². The second kappa shape index (κ2) is 12.0. The van der Waals surface area contributed by atoms with Gasteiger partial charge in [-0.2, -0.15) is 0 Å². The maximum atomic E-state index is 7.97. The van der Waals surface area contributed by atoms with Crippen molar-refractivity contribution in [3.63, 3.8) is 0 Å². The van der Waals surface area contributed by atoms with Crippen LogP contribution in [-0.2, 0) is 0 Å². The van der Waals surface area contributed by atoms with Crippen molar-refractivity contribution in [2.75, 3.05) is 0 Å². The van der Waals surface area contributed by atoms with E-state index >= 15 is 0 Å². The minimum Gasteiger partial charge on any atom is -0.319 e. The summed E-state index contributed by atoms with van der Waals surface area (Å²) < 4.78 is 4.66. The lowest BCUT2D eigenvalue weighted by molar-refractivity contribution is 1.18. The monoisotopic (exact) mass is 662 g/mol. The van der Waals surface area contributed by atoms with Crippen LogP contribution in [0.4, 0.5) is 5.69 Å². The molecule has 10 aromatic rings. The molecular weight excluding hydrogens is 633 g/mol. The molecule has 0 unspecified atom stereocenters. The van der Waals surface area contributed by atoms with E-state index in [1.807, 2.05) is 30.3 Å². The number of hydrogen-bond acceptors (Lipinski definition) is 1. The van der Waals surface area contributed by atoms with Gasteiger partial charge >= 0.3 is 0 Å². The van der Waals surface area contributed by atoms with Crippen LogP contribution in [0.15, 0.2) is 182 Å². The lowest BCUT2D eigenvalue weighted by Crippen LogP contribution is -1.97. The van der Waals surface area contributed by atoms with Gasteiger partial charge in [-0.15, -0.1) is 0 Å². The van der Waals surface area contributed by atoms with Gasteiger partial charge in [-0.3, -0.25) is 0 Å². The molecule has 0 saturated heterocycles. The summed E-state index contributed by atoms with van der Waals surface area (Å²) >= 11 is 0. The molecule has 0 aliphatic carbocycles. The molecule has 0 aliphatic heterocycles. The van der Waals surface area contributed by atoms with Gasteiger partial charge in [0.2, 0.25) is 5.69 Å². The van der Waals surface area contributed by atoms with Crippen LogP contribution in [-0.4, -0.2) is 14.1 Å². The van der Waals surface area contributed by atoms with Crippen LogP contribution in [0.25, 0.3) is 93.5 Å². The Labute approximate surface area is 300 Å². The highest BCUT2D eigenvalue weighted by Gasteiger charge is 2.22. The van der Waals surface area contributed by atoms with Crippen LogP contribution in [0.2, 0.25) is 0 Å². The molecule has 0 N–H and O–H groups in total. The second-order valence-corrected chi connectivity index (χ2v) is 13.1. The number of nitrogens with zero attached hydrogens (tertiary/aromatic N) is 4. The zero-order valence-electron chi connectivity index (χ0n) is 28.1. The number of benzene rings is 7. The Morgan fingerprint density at radius 1 is 0.423 bits per heavy atom. The van der Waals surface area contributed by atoms with Crippen LogP contribution >= 0.6 is 0 Å². The van der Waals surface area contributed by atoms with Crippen molar-refractivity contribution in [1.82, 2.24) is 14.1 Å². The third-order valence-corrected chi connectivity index (χ3v) is 10.1. The average molecular weight is 663 g/mol. The van der Waals surface area contributed by atoms with Gasteiger partial charge in [0.15, 0.2) is 0 Å². The second-order valence-electron chi connectivity index (χ2n) is 13.1. The van der Waals surface area contributed by atoms with Crippen molar-refractivity contribution >= 4 is 49.3 Å². The summed E-state index contributed by atoms with van der Waals surface area (Å²) in [5.41, 5.74) is 13.2. The number of fused-ring (bicyclic) bond motifs is 7. The van der Waals surface area contributed by atoms with Gasteiger partial charge in [0.25, 0.3) is 0 Å². The molecule has 52 heavy (non-hydrogen) atoms. The fourth-order valence-electron chi connectivity index (χ4n) is 7.82. The maximum absolute atomic E-state index is 7.97. The fraction of sp³-hybridized carbons (Fsp3) is 0. The van der Waals surface area contributed by atoms with Gasteiger partial charge in [-0.1, -0.05) is 133 Å². The quantitative estimate of drug-likeness (QED) is 0.169. The van der Waals surface area contributed by atoms with Crippen molar-refractivity contribution in [3.05, 3.63) is 193 Å². The zero-order valence-corrected chi connectivity index (χ0v) is 28.1. The minimum absolute atomic E-state index is 0.624. The molecule has 4 nitrogen and oxygen atoms in total. The highest BCUT2D eigenvalue weighted by Crippen LogP contribution is 2.43. The van der Waals surface area contributed by atoms with E-state index in [0.29, 0.717) is 5.69 Å². The van der Waals surface area contributed by atoms with E-state index in [4.69, 9.17) is 11.6 Å². The standard InChI is InChI=1S/C48H30N4/c1-49-40-23-10-13-26-45(40)52-44-25-12-9-22-39(44)47-46(52)28-27-38-37-21-8-11-24-43(37)51(48(38)47)36-20-14-19-34(29-36)42-31-35(32-15-4-2-5-16-32)30-41(50-42)33-17-6-3-7-18-33/h2-31H. The molecule has 10 rings (SSSR count). The SMILES string of the molecule is [C-]#[N+]c1ccccc1-n1c2ccccc2c2c1ccc1c3ccccc3n(-c3cccc(-c4cc(-c5ccccc5)cc(-c5ccccc5)n4)c3)c12. The number of pyridine rings is 1. The van der Waals surface area contributed by atoms with Crippen LogP contribution in [0.5, 0.6) is 0 Å². The van der Waals surface area contributed by atoms with Gasteiger partial charge < -0.3 is 9.13 Å². The molecule has 0 saturated carbocycles. The summed E-state index contributed by atoms with van der Waals surface area (Å²) in [6, 6.07) is 63.6. The number of aromatic nitrogens is 3. The average Bonchev–Trinajstić information content (AvgIpc) is 3.74. The molecule has 0 atom stereocenters. The first-order chi connectivity index (χ1) is 25.8. The van der Waals surface area contributed by atoms with Crippen molar-refractivity contribution in [2.45, 2.75) is 0 Å². The third-order valence-electron chi connectivity index (χ3n) is 10.1. The molecule has 3 heterocycles. The molecule has 0 aliphatic rings. The van der Waals surface area contributed by atoms with Crippen molar-refractivity contribution < 1.29 is 0 Å². The molecule has 0 fully saturated rings. The van der Waals surface area contributed by atoms with Gasteiger partial charge in [0.05, 0.1) is 45.7 Å². The van der Waals surface area contributed by atoms with Crippen LogP contribution in [0.1, 0.15) is 0 Å². The molecule has 0 amide bonds. The predicted octanol–water partition coefficient (Wildman–Crippen LogP) is 12.8. The predicted molar refractivity (Wildman–Crippen MR) is 215 cm³/mol. The van der Waals surface area contributed by atoms with Crippen LogP contribution in [0, 0.1) is 6.57 Å². The van der Waals surface area contributed by atoms with E-state index in [1.165, 1.54) is 10.8 Å². The summed E-state index contributed by atoms with van der Waals surface area (Å²) in [4.78, 5) is 9.16. The highest BCUT2D eigenvalue weighted by molar-refractivity contribution is 6.26. The van der Waals surface area contributed by atoms with E-state index in [9.17, 15) is 0 Å². The Hall–Kier alpha value is -7.22. The summed E-state index contributed by atoms with van der Waals surface area (Å²) in [7, 11) is 0. The zero-order chi connectivity index (χ0) is 34.6. The number of hydrogen-bond donors (Lipinski definition) is 0. The van der Waals surface area contributed by atoms with Gasteiger partial charge in [0.1, 0.15) is 0 Å². The molecule has 4 heteroatoms. The maximum Gasteiger partial charge on any atom is 0.210 e. The molecule has 0 bridgehead atoms. The van der Waals surface area contributed by atoms with E-state index in [0.717, 1.165) is 77.9 Å². The van der Waals surface area contributed by atoms with Crippen molar-refractivity contribution in [2.24, 2.45) is 0 Å². The fourth-order valence-corrected chi connectivity index (χ4v) is 7.82. The smallest absolute Gasteiger partial charge is 0.210 e. The minimum atomic E-state index is 0.624. The van der Waals surface area contributed by atoms with Gasteiger partial charge in [0, 0.05) is 38.4 Å². The van der Waals surface area contributed by atoms with E-state index in [2.05, 4.69) is 166 Å². The highest BCUT2D eigenvalue weighted by atomic mass is 15.0. The molecule has 242 valence electrons. The number of para-hydroxylation sites is 4. The van der Waals surface area contributed by atoms with E-state index < -0.39 is 0 Å². The first kappa shape index (κ1) is 29.7. The van der Waals surface area contributed by atoms with Crippen molar-refractivity contribution in [3.8, 4) is 45.0 Å². The first-order valence-electron chi connectivity index (χ1n) is 17.4. The van der Waals surface area contributed by atoms with E-state index in [1.54, 1.807) is 0 Å². The lowest BCUT2D eigenvalue weighted by atomic mass is 10.00. The Balaban J connectivity index is 1.26. The Morgan fingerprint density at radius 3 is 1.81 bits per heavy atom.